The van der Waals surface area contributed by atoms with Crippen molar-refractivity contribution in [2.45, 2.75) is 12.8 Å². The maximum Gasteiger partial charge on any atom is 0.389 e. The largest absolute Gasteiger partial charge is 0.389 e. The van der Waals surface area contributed by atoms with Gasteiger partial charge in [-0.05, 0) is 18.2 Å². The molecule has 28 heavy (non-hydrogen) atoms. The highest BCUT2D eigenvalue weighted by atomic mass is 17.2. The molecule has 0 spiro atoms. The molecular weight excluding hydrogens is 372 g/mol. The van der Waals surface area contributed by atoms with Gasteiger partial charge in [-0.3, -0.25) is 9.59 Å². The summed E-state index contributed by atoms with van der Waals surface area (Å²) in [6, 6.07) is 3.95. The van der Waals surface area contributed by atoms with Crippen LogP contribution in [0.25, 0.3) is 0 Å². The third-order valence-corrected chi connectivity index (χ3v) is 3.86. The predicted molar refractivity (Wildman–Crippen MR) is 92.8 cm³/mol. The first kappa shape index (κ1) is 18.9. The van der Waals surface area contributed by atoms with Gasteiger partial charge in [-0.1, -0.05) is 0 Å². The number of pyridine rings is 2. The Balaban J connectivity index is 1.83. The summed E-state index contributed by atoms with van der Waals surface area (Å²) < 4.78 is 0. The van der Waals surface area contributed by atoms with Crippen molar-refractivity contribution in [2.75, 3.05) is 10.9 Å². The van der Waals surface area contributed by atoms with Gasteiger partial charge in [0.25, 0.3) is 0 Å². The van der Waals surface area contributed by atoms with Gasteiger partial charge in [0.15, 0.2) is 11.6 Å². The van der Waals surface area contributed by atoms with E-state index in [0.29, 0.717) is 5.82 Å². The molecule has 0 radical (unpaired) electrons. The number of aromatic nitrogens is 2. The van der Waals surface area contributed by atoms with Crippen molar-refractivity contribution < 1.29 is 29.0 Å². The van der Waals surface area contributed by atoms with Crippen molar-refractivity contribution in [1.82, 2.24) is 9.97 Å². The molecule has 0 aromatic carbocycles. The summed E-state index contributed by atoms with van der Waals surface area (Å²) in [5.74, 6) is 7.53. The Labute approximate surface area is 157 Å². The third kappa shape index (κ3) is 3.62. The normalized spacial score (nSPS) is 12.8. The highest BCUT2D eigenvalue weighted by Crippen LogP contribution is 2.26. The number of carbonyl (C=O) groups is 4. The van der Waals surface area contributed by atoms with E-state index in [0.717, 1.165) is 6.20 Å². The van der Waals surface area contributed by atoms with Gasteiger partial charge in [0.05, 0.1) is 5.56 Å². The van der Waals surface area contributed by atoms with Crippen LogP contribution >= 0.6 is 0 Å². The van der Waals surface area contributed by atoms with Crippen molar-refractivity contribution >= 4 is 35.1 Å². The van der Waals surface area contributed by atoms with Gasteiger partial charge in [0.2, 0.25) is 0 Å². The first-order valence-electron chi connectivity index (χ1n) is 7.88. The number of nitrogens with one attached hydrogen (secondary N) is 2. The fourth-order valence-electron chi connectivity index (χ4n) is 2.49. The number of hydrogen-bond donors (Lipinski definition) is 4. The average Bonchev–Trinajstić information content (AvgIpc) is 2.80. The van der Waals surface area contributed by atoms with E-state index in [2.05, 4.69) is 30.6 Å². The number of nitrogens with two attached hydrogens (primary N) is 2. The van der Waals surface area contributed by atoms with E-state index in [-0.39, 0.29) is 41.0 Å². The van der Waals surface area contributed by atoms with Crippen LogP contribution in [0.1, 0.15) is 54.4 Å². The van der Waals surface area contributed by atoms with E-state index >= 15 is 0 Å². The Morgan fingerprint density at radius 3 is 2.29 bits per heavy atom. The Kier molecular flexibility index (Phi) is 5.24. The molecule has 0 amide bonds. The van der Waals surface area contributed by atoms with Gasteiger partial charge in [0, 0.05) is 24.6 Å². The molecule has 3 rings (SSSR count). The number of rotatable bonds is 4. The minimum atomic E-state index is -1.22. The van der Waals surface area contributed by atoms with Gasteiger partial charge in [0.1, 0.15) is 22.9 Å². The second kappa shape index (κ2) is 7.77. The monoisotopic (exact) mass is 386 g/mol. The number of hydrogen-bond acceptors (Lipinski definition) is 12. The van der Waals surface area contributed by atoms with Gasteiger partial charge < -0.3 is 10.9 Å². The minimum Gasteiger partial charge on any atom is -0.308 e. The Morgan fingerprint density at radius 2 is 1.64 bits per heavy atom. The maximum atomic E-state index is 12.4. The number of nitrogens with zero attached hydrogens (tertiary/aromatic N) is 2. The smallest absolute Gasteiger partial charge is 0.308 e. The van der Waals surface area contributed by atoms with Crippen LogP contribution in [-0.4, -0.2) is 33.5 Å². The standard InChI is InChI=1S/C16H14N6O6/c17-21-11-4-1-7(6-19-11)15(25)27-28-16(26)13-8-5-12(22-18)20-14(13)10(24)3-2-9(8)23/h1,4-6H,2-3,17-18H2,(H,19,21)(H,20,22). The molecule has 12 heteroatoms. The zero-order valence-electron chi connectivity index (χ0n) is 14.2. The zero-order chi connectivity index (χ0) is 20.3. The molecule has 6 N–H and O–H groups in total. The van der Waals surface area contributed by atoms with Crippen LogP contribution in [0.15, 0.2) is 24.4 Å². The molecule has 2 aromatic rings. The summed E-state index contributed by atoms with van der Waals surface area (Å²) in [5.41, 5.74) is 3.69. The van der Waals surface area contributed by atoms with Gasteiger partial charge in [-0.15, -0.1) is 0 Å². The lowest BCUT2D eigenvalue weighted by Gasteiger charge is -2.10. The number of anilines is 2. The number of fused-ring (bicyclic) bond motifs is 2. The highest BCUT2D eigenvalue weighted by molar-refractivity contribution is 6.16. The van der Waals surface area contributed by atoms with Crippen molar-refractivity contribution in [2.24, 2.45) is 11.7 Å². The number of carbonyl (C=O) groups excluding carboxylic acids is 4. The van der Waals surface area contributed by atoms with E-state index in [4.69, 9.17) is 11.7 Å². The third-order valence-electron chi connectivity index (χ3n) is 3.86. The lowest BCUT2D eigenvalue weighted by molar-refractivity contribution is -0.187. The molecule has 0 aliphatic heterocycles. The molecule has 2 heterocycles. The summed E-state index contributed by atoms with van der Waals surface area (Å²) in [5, 5.41) is 0. The molecule has 12 nitrogen and oxygen atoms in total. The van der Waals surface area contributed by atoms with Crippen LogP contribution in [0.3, 0.4) is 0 Å². The summed E-state index contributed by atoms with van der Waals surface area (Å²) in [6.07, 6.45) is 0.911. The molecule has 2 aromatic heterocycles. The van der Waals surface area contributed by atoms with E-state index < -0.39 is 23.5 Å². The average molecular weight is 386 g/mol. The second-order valence-electron chi connectivity index (χ2n) is 5.59. The van der Waals surface area contributed by atoms with Crippen LogP contribution in [0.2, 0.25) is 0 Å². The quantitative estimate of drug-likeness (QED) is 0.316. The van der Waals surface area contributed by atoms with Crippen LogP contribution < -0.4 is 22.5 Å². The predicted octanol–water partition coefficient (Wildman–Crippen LogP) is 0.136. The van der Waals surface area contributed by atoms with Crippen LogP contribution in [0.4, 0.5) is 11.6 Å². The first-order valence-corrected chi connectivity index (χ1v) is 7.88. The SMILES string of the molecule is NNc1ccc(C(=O)OOC(=O)c2c3cc(NN)nc2C(=O)CCC3=O)cn1. The summed E-state index contributed by atoms with van der Waals surface area (Å²) >= 11 is 0. The summed E-state index contributed by atoms with van der Waals surface area (Å²) in [7, 11) is 0. The fraction of sp³-hybridized carbons (Fsp3) is 0.125. The van der Waals surface area contributed by atoms with E-state index in [1.807, 2.05) is 0 Å². The van der Waals surface area contributed by atoms with Crippen molar-refractivity contribution in [3.63, 3.8) is 0 Å². The van der Waals surface area contributed by atoms with Crippen LogP contribution in [-0.2, 0) is 9.78 Å². The summed E-state index contributed by atoms with van der Waals surface area (Å²) in [4.78, 5) is 65.6. The van der Waals surface area contributed by atoms with E-state index in [9.17, 15) is 19.2 Å². The molecule has 0 atom stereocenters. The van der Waals surface area contributed by atoms with Crippen molar-refractivity contribution in [3.05, 3.63) is 46.8 Å². The number of ketones is 2. The van der Waals surface area contributed by atoms with Crippen LogP contribution in [0, 0.1) is 0 Å². The van der Waals surface area contributed by atoms with E-state index in [1.54, 1.807) is 0 Å². The van der Waals surface area contributed by atoms with Gasteiger partial charge >= 0.3 is 11.9 Å². The molecule has 2 bridgehead atoms. The Morgan fingerprint density at radius 1 is 0.964 bits per heavy atom. The summed E-state index contributed by atoms with van der Waals surface area (Å²) in [6.45, 7) is 0. The molecule has 0 fully saturated rings. The van der Waals surface area contributed by atoms with Crippen molar-refractivity contribution in [1.29, 1.82) is 0 Å². The van der Waals surface area contributed by atoms with Gasteiger partial charge in [-0.25, -0.2) is 41.0 Å². The van der Waals surface area contributed by atoms with Crippen molar-refractivity contribution in [3.8, 4) is 0 Å². The van der Waals surface area contributed by atoms with E-state index in [1.165, 1.54) is 18.2 Å². The Bertz CT molecular complexity index is 937. The topological polar surface area (TPSA) is 189 Å². The molecular formula is C16H14N6O6. The zero-order valence-corrected chi connectivity index (χ0v) is 14.2. The highest BCUT2D eigenvalue weighted by Gasteiger charge is 2.32. The van der Waals surface area contributed by atoms with Crippen LogP contribution in [0.5, 0.6) is 0 Å². The second-order valence-corrected chi connectivity index (χ2v) is 5.59. The number of hydrazine groups is 2. The fourth-order valence-corrected chi connectivity index (χ4v) is 2.49. The Hall–Kier alpha value is -3.90. The number of Topliss-reactive ketones (excluding diaryl/α,β-unsaturated/α-hetero) is 2. The maximum absolute atomic E-state index is 12.4. The molecule has 0 saturated carbocycles. The molecule has 1 aliphatic rings. The number of nitrogen functional groups attached to an aromatic ring is 2. The molecule has 1 aliphatic carbocycles. The first-order chi connectivity index (χ1) is 13.4. The minimum absolute atomic E-state index is 0.0236. The molecule has 0 saturated heterocycles. The molecule has 0 unspecified atom stereocenters. The van der Waals surface area contributed by atoms with Gasteiger partial charge in [-0.2, -0.15) is 0 Å². The lowest BCUT2D eigenvalue weighted by Crippen LogP contribution is -2.20. The molecule has 144 valence electrons. The lowest BCUT2D eigenvalue weighted by atomic mass is 10.0.